The van der Waals surface area contributed by atoms with Crippen molar-refractivity contribution in [3.05, 3.63) is 58.1 Å². The van der Waals surface area contributed by atoms with E-state index < -0.39 is 15.9 Å². The van der Waals surface area contributed by atoms with Crippen LogP contribution in [0.4, 0.5) is 5.69 Å². The minimum Gasteiger partial charge on any atom is -0.495 e. The van der Waals surface area contributed by atoms with Crippen molar-refractivity contribution in [3.8, 4) is 5.75 Å². The molecule has 0 unspecified atom stereocenters. The lowest BCUT2D eigenvalue weighted by Crippen LogP contribution is -2.41. The maximum absolute atomic E-state index is 12.3. The number of benzene rings is 2. The van der Waals surface area contributed by atoms with Crippen LogP contribution in [0.1, 0.15) is 5.56 Å². The third-order valence-corrected chi connectivity index (χ3v) is 6.45. The fourth-order valence-electron chi connectivity index (χ4n) is 2.50. The maximum Gasteiger partial charge on any atom is 0.240 e. The number of methoxy groups -OCH3 is 1. The third kappa shape index (κ3) is 7.62. The molecule has 0 heterocycles. The van der Waals surface area contributed by atoms with Crippen molar-refractivity contribution in [2.45, 2.75) is 5.75 Å². The van der Waals surface area contributed by atoms with E-state index in [0.717, 1.165) is 21.9 Å². The summed E-state index contributed by atoms with van der Waals surface area (Å²) in [5.41, 5.74) is 1.32. The first-order valence-electron chi connectivity index (χ1n) is 8.61. The molecule has 0 spiro atoms. The Morgan fingerprint density at radius 3 is 2.55 bits per heavy atom. The summed E-state index contributed by atoms with van der Waals surface area (Å²) in [6, 6.07) is 12.2. The Hall–Kier alpha value is -1.61. The second-order valence-electron chi connectivity index (χ2n) is 6.12. The largest absolute Gasteiger partial charge is 0.495 e. The third-order valence-electron chi connectivity index (χ3n) is 3.82. The van der Waals surface area contributed by atoms with Crippen molar-refractivity contribution in [1.29, 1.82) is 0 Å². The molecule has 10 heteroatoms. The molecule has 0 atom stereocenters. The van der Waals surface area contributed by atoms with Crippen LogP contribution in [0.5, 0.6) is 5.75 Å². The van der Waals surface area contributed by atoms with Crippen LogP contribution in [0.25, 0.3) is 0 Å². The van der Waals surface area contributed by atoms with Crippen molar-refractivity contribution in [2.75, 3.05) is 36.5 Å². The van der Waals surface area contributed by atoms with Gasteiger partial charge >= 0.3 is 0 Å². The van der Waals surface area contributed by atoms with Crippen LogP contribution in [-0.2, 0) is 20.6 Å². The molecule has 0 saturated carbocycles. The number of halogens is 2. The molecule has 0 fully saturated rings. The normalized spacial score (nSPS) is 11.2. The van der Waals surface area contributed by atoms with E-state index in [-0.39, 0.29) is 12.2 Å². The molecule has 2 aromatic rings. The minimum absolute atomic E-state index is 0.216. The molecule has 6 nitrogen and oxygen atoms in total. The molecule has 0 radical (unpaired) electrons. The second-order valence-corrected chi connectivity index (χ2v) is 10.0. The quantitative estimate of drug-likeness (QED) is 0.527. The average Bonchev–Trinajstić information content (AvgIpc) is 2.65. The first-order chi connectivity index (χ1) is 13.7. The van der Waals surface area contributed by atoms with Gasteiger partial charge in [0.05, 0.1) is 19.1 Å². The van der Waals surface area contributed by atoms with Crippen molar-refractivity contribution < 1.29 is 17.9 Å². The average molecular weight is 477 g/mol. The van der Waals surface area contributed by atoms with E-state index in [2.05, 4.69) is 5.32 Å². The fourth-order valence-corrected chi connectivity index (χ4v) is 4.54. The van der Waals surface area contributed by atoms with Crippen LogP contribution in [0.2, 0.25) is 10.0 Å². The van der Waals surface area contributed by atoms with E-state index >= 15 is 0 Å². The van der Waals surface area contributed by atoms with Gasteiger partial charge in [0.1, 0.15) is 12.3 Å². The lowest BCUT2D eigenvalue weighted by Gasteiger charge is -2.24. The van der Waals surface area contributed by atoms with Gasteiger partial charge < -0.3 is 10.1 Å². The lowest BCUT2D eigenvalue weighted by atomic mass is 10.2. The molecule has 0 aliphatic rings. The van der Waals surface area contributed by atoms with Crippen LogP contribution in [0.3, 0.4) is 0 Å². The number of amides is 1. The van der Waals surface area contributed by atoms with Crippen LogP contribution in [0.15, 0.2) is 42.5 Å². The number of nitrogens with zero attached hydrogens (tertiary/aromatic N) is 1. The number of nitrogens with one attached hydrogen (secondary N) is 1. The Morgan fingerprint density at radius 1 is 1.17 bits per heavy atom. The van der Waals surface area contributed by atoms with E-state index in [0.29, 0.717) is 28.1 Å². The number of carbonyl (C=O) groups excluding carboxylic acids is 1. The Bertz CT molecular complexity index is 955. The number of ether oxygens (including phenoxy) is 1. The monoisotopic (exact) mass is 476 g/mol. The van der Waals surface area contributed by atoms with E-state index in [1.54, 1.807) is 23.9 Å². The van der Waals surface area contributed by atoms with Gasteiger partial charge in [0.2, 0.25) is 15.9 Å². The Morgan fingerprint density at radius 2 is 1.90 bits per heavy atom. The Balaban J connectivity index is 1.91. The highest BCUT2D eigenvalue weighted by atomic mass is 35.5. The van der Waals surface area contributed by atoms with Gasteiger partial charge in [-0.25, -0.2) is 8.42 Å². The van der Waals surface area contributed by atoms with Crippen LogP contribution >= 0.6 is 35.0 Å². The summed E-state index contributed by atoms with van der Waals surface area (Å²) in [7, 11) is -2.30. The van der Waals surface area contributed by atoms with Crippen molar-refractivity contribution in [3.63, 3.8) is 0 Å². The van der Waals surface area contributed by atoms with Crippen molar-refractivity contribution >= 4 is 56.6 Å². The number of rotatable bonds is 10. The van der Waals surface area contributed by atoms with E-state index in [1.807, 2.05) is 24.3 Å². The summed E-state index contributed by atoms with van der Waals surface area (Å²) >= 11 is 13.6. The molecule has 29 heavy (non-hydrogen) atoms. The number of hydrogen-bond acceptors (Lipinski definition) is 5. The number of hydrogen-bond donors (Lipinski definition) is 1. The summed E-state index contributed by atoms with van der Waals surface area (Å²) in [6.45, 7) is 0.0445. The predicted molar refractivity (Wildman–Crippen MR) is 121 cm³/mol. The van der Waals surface area contributed by atoms with E-state index in [9.17, 15) is 13.2 Å². The highest BCUT2D eigenvalue weighted by molar-refractivity contribution is 7.98. The smallest absolute Gasteiger partial charge is 0.240 e. The number of thioether (sulfide) groups is 1. The maximum atomic E-state index is 12.3. The molecule has 0 aliphatic carbocycles. The van der Waals surface area contributed by atoms with Gasteiger partial charge in [-0.05, 0) is 35.9 Å². The first-order valence-corrected chi connectivity index (χ1v) is 12.4. The van der Waals surface area contributed by atoms with Crippen LogP contribution < -0.4 is 14.4 Å². The zero-order valence-corrected chi connectivity index (χ0v) is 19.2. The van der Waals surface area contributed by atoms with Crippen LogP contribution in [-0.4, -0.2) is 46.5 Å². The summed E-state index contributed by atoms with van der Waals surface area (Å²) in [5, 5.41) is 3.77. The molecule has 2 rings (SSSR count). The molecule has 2 aromatic carbocycles. The van der Waals surface area contributed by atoms with E-state index in [4.69, 9.17) is 27.9 Å². The molecule has 0 aliphatic heterocycles. The minimum atomic E-state index is -3.72. The highest BCUT2D eigenvalue weighted by Crippen LogP contribution is 2.32. The molecular weight excluding hydrogens is 455 g/mol. The first kappa shape index (κ1) is 23.7. The van der Waals surface area contributed by atoms with Gasteiger partial charge in [-0.15, -0.1) is 0 Å². The Labute approximate surface area is 185 Å². The second kappa shape index (κ2) is 11.0. The van der Waals surface area contributed by atoms with Crippen molar-refractivity contribution in [1.82, 2.24) is 5.32 Å². The number of carbonyl (C=O) groups is 1. The molecular formula is C19H22Cl2N2O4S2. The van der Waals surface area contributed by atoms with Gasteiger partial charge in [-0.2, -0.15) is 11.8 Å². The van der Waals surface area contributed by atoms with E-state index in [1.165, 1.54) is 13.2 Å². The fraction of sp³-hybridized carbons (Fsp3) is 0.316. The van der Waals surface area contributed by atoms with Crippen LogP contribution in [0, 0.1) is 0 Å². The molecule has 0 bridgehead atoms. The number of sulfonamides is 1. The summed E-state index contributed by atoms with van der Waals surface area (Å²) in [6.07, 6.45) is 1.03. The standard InChI is InChI=1S/C19H22Cl2N2O4S2/c1-27-18-7-6-16(21)11-17(18)23(29(2,25)26)12-19(24)22-8-9-28-13-14-4-3-5-15(20)10-14/h3-7,10-11H,8-9,12-13H2,1-2H3,(H,22,24). The Kier molecular flexibility index (Phi) is 8.95. The highest BCUT2D eigenvalue weighted by Gasteiger charge is 2.24. The molecule has 0 saturated heterocycles. The zero-order chi connectivity index (χ0) is 21.4. The SMILES string of the molecule is COc1ccc(Cl)cc1N(CC(=O)NCCSCc1cccc(Cl)c1)S(C)(=O)=O. The van der Waals surface area contributed by atoms with Gasteiger partial charge in [0, 0.05) is 28.1 Å². The topological polar surface area (TPSA) is 75.7 Å². The van der Waals surface area contributed by atoms with Gasteiger partial charge in [-0.1, -0.05) is 35.3 Å². The predicted octanol–water partition coefficient (Wildman–Crippen LogP) is 3.82. The van der Waals surface area contributed by atoms with Gasteiger partial charge in [-0.3, -0.25) is 9.10 Å². The molecule has 158 valence electrons. The number of anilines is 1. The summed E-state index contributed by atoms with van der Waals surface area (Å²) < 4.78 is 30.7. The summed E-state index contributed by atoms with van der Waals surface area (Å²) in [4.78, 5) is 12.3. The zero-order valence-electron chi connectivity index (χ0n) is 16.0. The van der Waals surface area contributed by atoms with Gasteiger partial charge in [0.25, 0.3) is 0 Å². The molecule has 1 amide bonds. The lowest BCUT2D eigenvalue weighted by molar-refractivity contribution is -0.119. The molecule has 1 N–H and O–H groups in total. The van der Waals surface area contributed by atoms with Gasteiger partial charge in [0.15, 0.2) is 0 Å². The molecule has 0 aromatic heterocycles. The van der Waals surface area contributed by atoms with Crippen molar-refractivity contribution in [2.24, 2.45) is 0 Å². The summed E-state index contributed by atoms with van der Waals surface area (Å²) in [5.74, 6) is 1.34.